The number of rotatable bonds is 5. The third kappa shape index (κ3) is 3.71. The van der Waals surface area contributed by atoms with E-state index in [1.165, 1.54) is 6.42 Å². The lowest BCUT2D eigenvalue weighted by atomic mass is 9.89. The van der Waals surface area contributed by atoms with Gasteiger partial charge in [-0.05, 0) is 43.5 Å². The lowest BCUT2D eigenvalue weighted by Gasteiger charge is -2.44. The average molecular weight is 354 g/mol. The van der Waals surface area contributed by atoms with Gasteiger partial charge in [-0.1, -0.05) is 12.5 Å². The molecule has 3 heterocycles. The highest BCUT2D eigenvalue weighted by Gasteiger charge is 2.47. The van der Waals surface area contributed by atoms with Gasteiger partial charge in [0, 0.05) is 31.4 Å². The summed E-state index contributed by atoms with van der Waals surface area (Å²) in [6, 6.07) is 8.07. The van der Waals surface area contributed by atoms with E-state index in [2.05, 4.69) is 26.1 Å². The van der Waals surface area contributed by atoms with Crippen LogP contribution in [0.15, 0.2) is 36.7 Å². The molecule has 1 aliphatic carbocycles. The Kier molecular flexibility index (Phi) is 5.13. The molecule has 2 aliphatic rings. The van der Waals surface area contributed by atoms with E-state index < -0.39 is 0 Å². The van der Waals surface area contributed by atoms with Gasteiger partial charge in [0.15, 0.2) is 5.82 Å². The maximum atomic E-state index is 6.34. The van der Waals surface area contributed by atoms with Crippen LogP contribution in [0.2, 0.25) is 0 Å². The van der Waals surface area contributed by atoms with Crippen molar-refractivity contribution in [1.29, 1.82) is 0 Å². The summed E-state index contributed by atoms with van der Waals surface area (Å²) in [6.45, 7) is 5.75. The minimum absolute atomic E-state index is 0.125. The molecule has 2 aromatic heterocycles. The number of ether oxygens (including phenoxy) is 2. The standard InChI is InChI=1S/C20H26N4O2/c1-16-6-7-19(23-22-16)24-10-11-26-20(15-24)8-2-5-18(20)14-25-13-17-4-3-9-21-12-17/h3-4,6-7,9,12,18H,2,5,8,10-11,13-15H2,1H3/t18-,20+/m0/s1. The molecule has 1 saturated heterocycles. The fourth-order valence-electron chi connectivity index (χ4n) is 4.11. The monoisotopic (exact) mass is 354 g/mol. The number of aryl methyl sites for hydroxylation is 1. The minimum Gasteiger partial charge on any atom is -0.376 e. The summed E-state index contributed by atoms with van der Waals surface area (Å²) in [5, 5.41) is 8.57. The van der Waals surface area contributed by atoms with Gasteiger partial charge in [-0.15, -0.1) is 5.10 Å². The van der Waals surface area contributed by atoms with Gasteiger partial charge in [0.05, 0.1) is 31.1 Å². The highest BCUT2D eigenvalue weighted by molar-refractivity contribution is 5.39. The van der Waals surface area contributed by atoms with Crippen molar-refractivity contribution < 1.29 is 9.47 Å². The maximum Gasteiger partial charge on any atom is 0.151 e. The zero-order valence-electron chi connectivity index (χ0n) is 15.3. The largest absolute Gasteiger partial charge is 0.376 e. The number of morpholine rings is 1. The molecule has 0 N–H and O–H groups in total. The van der Waals surface area contributed by atoms with Crippen LogP contribution in [0.5, 0.6) is 0 Å². The lowest BCUT2D eigenvalue weighted by molar-refractivity contribution is -0.100. The Morgan fingerprint density at radius 2 is 2.27 bits per heavy atom. The van der Waals surface area contributed by atoms with Crippen molar-refractivity contribution in [2.45, 2.75) is 38.4 Å². The van der Waals surface area contributed by atoms with E-state index in [1.807, 2.05) is 31.3 Å². The maximum absolute atomic E-state index is 6.34. The van der Waals surface area contributed by atoms with Gasteiger partial charge < -0.3 is 14.4 Å². The molecule has 0 unspecified atom stereocenters. The van der Waals surface area contributed by atoms with E-state index >= 15 is 0 Å². The van der Waals surface area contributed by atoms with Crippen molar-refractivity contribution in [2.24, 2.45) is 5.92 Å². The first kappa shape index (κ1) is 17.4. The quantitative estimate of drug-likeness (QED) is 0.823. The number of aromatic nitrogens is 3. The van der Waals surface area contributed by atoms with Crippen LogP contribution in [0.25, 0.3) is 0 Å². The van der Waals surface area contributed by atoms with Crippen LogP contribution in [0.3, 0.4) is 0 Å². The average Bonchev–Trinajstić information content (AvgIpc) is 3.05. The number of anilines is 1. The molecule has 1 aliphatic heterocycles. The number of hydrogen-bond donors (Lipinski definition) is 0. The first-order valence-electron chi connectivity index (χ1n) is 9.41. The highest BCUT2D eigenvalue weighted by atomic mass is 16.5. The Labute approximate surface area is 154 Å². The van der Waals surface area contributed by atoms with E-state index in [0.29, 0.717) is 12.5 Å². The van der Waals surface area contributed by atoms with Crippen LogP contribution in [-0.4, -0.2) is 47.1 Å². The summed E-state index contributed by atoms with van der Waals surface area (Å²) in [5.74, 6) is 1.36. The molecule has 4 rings (SSSR count). The van der Waals surface area contributed by atoms with Gasteiger partial charge in [-0.2, -0.15) is 5.10 Å². The van der Waals surface area contributed by atoms with Crippen LogP contribution < -0.4 is 4.90 Å². The van der Waals surface area contributed by atoms with Gasteiger partial charge >= 0.3 is 0 Å². The van der Waals surface area contributed by atoms with Crippen molar-refractivity contribution >= 4 is 5.82 Å². The van der Waals surface area contributed by atoms with E-state index in [9.17, 15) is 0 Å². The Balaban J connectivity index is 1.39. The topological polar surface area (TPSA) is 60.4 Å². The fourth-order valence-corrected chi connectivity index (χ4v) is 4.11. The fraction of sp³-hybridized carbons (Fsp3) is 0.550. The summed E-state index contributed by atoms with van der Waals surface area (Å²) < 4.78 is 12.4. The first-order chi connectivity index (χ1) is 12.8. The van der Waals surface area contributed by atoms with Gasteiger partial charge in [0.2, 0.25) is 0 Å². The molecule has 2 fully saturated rings. The summed E-state index contributed by atoms with van der Waals surface area (Å²) >= 11 is 0. The zero-order chi connectivity index (χ0) is 17.8. The van der Waals surface area contributed by atoms with Crippen molar-refractivity contribution in [2.75, 3.05) is 31.2 Å². The Hall–Kier alpha value is -2.05. The molecule has 6 nitrogen and oxygen atoms in total. The van der Waals surface area contributed by atoms with Crippen molar-refractivity contribution in [3.63, 3.8) is 0 Å². The van der Waals surface area contributed by atoms with E-state index in [-0.39, 0.29) is 5.60 Å². The molecule has 2 atom stereocenters. The number of pyridine rings is 1. The van der Waals surface area contributed by atoms with Crippen molar-refractivity contribution in [3.8, 4) is 0 Å². The number of nitrogens with zero attached hydrogens (tertiary/aromatic N) is 4. The second-order valence-electron chi connectivity index (χ2n) is 7.33. The molecule has 0 amide bonds. The van der Waals surface area contributed by atoms with Crippen molar-refractivity contribution in [3.05, 3.63) is 47.9 Å². The molecule has 0 radical (unpaired) electrons. The van der Waals surface area contributed by atoms with E-state index in [4.69, 9.17) is 9.47 Å². The molecule has 138 valence electrons. The second kappa shape index (κ2) is 7.68. The normalized spacial score (nSPS) is 25.7. The Bertz CT molecular complexity index is 710. The summed E-state index contributed by atoms with van der Waals surface area (Å²) in [7, 11) is 0. The molecule has 0 bridgehead atoms. The molecule has 0 aromatic carbocycles. The number of hydrogen-bond acceptors (Lipinski definition) is 6. The van der Waals surface area contributed by atoms with Gasteiger partial charge in [0.25, 0.3) is 0 Å². The van der Waals surface area contributed by atoms with Crippen LogP contribution in [0, 0.1) is 12.8 Å². The Morgan fingerprint density at radius 1 is 1.31 bits per heavy atom. The lowest BCUT2D eigenvalue weighted by Crippen LogP contribution is -2.55. The summed E-state index contributed by atoms with van der Waals surface area (Å²) in [6.07, 6.45) is 7.08. The van der Waals surface area contributed by atoms with E-state index in [1.54, 1.807) is 6.20 Å². The molecular formula is C20H26N4O2. The summed E-state index contributed by atoms with van der Waals surface area (Å²) in [4.78, 5) is 6.46. The van der Waals surface area contributed by atoms with Crippen LogP contribution in [-0.2, 0) is 16.1 Å². The molecular weight excluding hydrogens is 328 g/mol. The smallest absolute Gasteiger partial charge is 0.151 e. The third-order valence-corrected chi connectivity index (χ3v) is 5.52. The Morgan fingerprint density at radius 3 is 3.08 bits per heavy atom. The molecule has 2 aromatic rings. The van der Waals surface area contributed by atoms with Crippen LogP contribution in [0.1, 0.15) is 30.5 Å². The first-order valence-corrected chi connectivity index (χ1v) is 9.41. The van der Waals surface area contributed by atoms with Crippen LogP contribution >= 0.6 is 0 Å². The zero-order valence-corrected chi connectivity index (χ0v) is 15.3. The second-order valence-corrected chi connectivity index (χ2v) is 7.33. The molecule has 26 heavy (non-hydrogen) atoms. The van der Waals surface area contributed by atoms with Gasteiger partial charge in [-0.25, -0.2) is 0 Å². The van der Waals surface area contributed by atoms with Gasteiger partial charge in [-0.3, -0.25) is 4.98 Å². The van der Waals surface area contributed by atoms with Crippen molar-refractivity contribution in [1.82, 2.24) is 15.2 Å². The third-order valence-electron chi connectivity index (χ3n) is 5.52. The SMILES string of the molecule is Cc1ccc(N2CCO[C@]3(CCC[C@H]3COCc3cccnc3)C2)nn1. The minimum atomic E-state index is -0.125. The molecule has 6 heteroatoms. The van der Waals surface area contributed by atoms with Crippen LogP contribution in [0.4, 0.5) is 5.82 Å². The van der Waals surface area contributed by atoms with Gasteiger partial charge in [0.1, 0.15) is 0 Å². The molecule has 1 spiro atoms. The van der Waals surface area contributed by atoms with E-state index in [0.717, 1.165) is 56.2 Å². The molecule has 1 saturated carbocycles. The predicted molar refractivity (Wildman–Crippen MR) is 98.9 cm³/mol. The highest BCUT2D eigenvalue weighted by Crippen LogP contribution is 2.42. The predicted octanol–water partition coefficient (Wildman–Crippen LogP) is 2.77. The summed E-state index contributed by atoms with van der Waals surface area (Å²) in [5.41, 5.74) is 1.93.